The molecule has 0 unspecified atom stereocenters. The summed E-state index contributed by atoms with van der Waals surface area (Å²) in [4.78, 5) is 22.3. The Hall–Kier alpha value is -2.53. The number of benzene rings is 2. The molecule has 0 saturated carbocycles. The number of amides is 1. The van der Waals surface area contributed by atoms with Crippen LogP contribution in [0.25, 0.3) is 10.2 Å². The number of hydrogen-bond donors (Lipinski definition) is 0. The van der Waals surface area contributed by atoms with Crippen molar-refractivity contribution in [1.82, 2.24) is 9.88 Å². The minimum atomic E-state index is -3.57. The molecule has 2 aromatic carbocycles. The van der Waals surface area contributed by atoms with Crippen molar-refractivity contribution < 1.29 is 22.7 Å². The molecule has 0 radical (unpaired) electrons. The van der Waals surface area contributed by atoms with Gasteiger partial charge in [-0.1, -0.05) is 29.0 Å². The van der Waals surface area contributed by atoms with Crippen molar-refractivity contribution in [3.63, 3.8) is 0 Å². The van der Waals surface area contributed by atoms with Gasteiger partial charge in [0.25, 0.3) is 0 Å². The normalized spacial score (nSPS) is 14.7. The number of morpholine rings is 1. The highest BCUT2D eigenvalue weighted by molar-refractivity contribution is 7.91. The molecule has 1 fully saturated rings. The standard InChI is InChI=1S/C26H33N3O5S2/c1-3-34-21-7-10-23-24(19-21)35-26(27-23)29(13-4-12-28-14-16-33-17-15-28)25(30)11-18-36(31,32)22-8-5-20(2)6-9-22/h5-10,19H,3-4,11-18H2,1-2H3. The molecule has 1 aliphatic heterocycles. The quantitative estimate of drug-likeness (QED) is 0.370. The third-order valence-electron chi connectivity index (χ3n) is 6.12. The van der Waals surface area contributed by atoms with Crippen LogP contribution in [-0.4, -0.2) is 76.0 Å². The van der Waals surface area contributed by atoms with Gasteiger partial charge in [0.2, 0.25) is 5.91 Å². The van der Waals surface area contributed by atoms with E-state index >= 15 is 0 Å². The second-order valence-electron chi connectivity index (χ2n) is 8.79. The summed E-state index contributed by atoms with van der Waals surface area (Å²) >= 11 is 1.42. The largest absolute Gasteiger partial charge is 0.494 e. The Labute approximate surface area is 216 Å². The molecule has 0 spiro atoms. The summed E-state index contributed by atoms with van der Waals surface area (Å²) in [5, 5.41) is 0.582. The molecule has 0 aliphatic carbocycles. The summed E-state index contributed by atoms with van der Waals surface area (Å²) in [7, 11) is -3.57. The number of carbonyl (C=O) groups is 1. The number of hydrogen-bond acceptors (Lipinski definition) is 8. The maximum atomic E-state index is 13.4. The number of nitrogens with zero attached hydrogens (tertiary/aromatic N) is 3. The second-order valence-corrected chi connectivity index (χ2v) is 11.9. The monoisotopic (exact) mass is 531 g/mol. The van der Waals surface area contributed by atoms with Crippen LogP contribution in [0.5, 0.6) is 5.75 Å². The molecule has 194 valence electrons. The lowest BCUT2D eigenvalue weighted by Gasteiger charge is -2.27. The van der Waals surface area contributed by atoms with Crippen molar-refractivity contribution in [2.45, 2.75) is 31.6 Å². The topological polar surface area (TPSA) is 89.0 Å². The van der Waals surface area contributed by atoms with Gasteiger partial charge in [0.1, 0.15) is 5.75 Å². The fourth-order valence-corrected chi connectivity index (χ4v) is 6.36. The Kier molecular flexibility index (Phi) is 8.95. The average molecular weight is 532 g/mol. The van der Waals surface area contributed by atoms with Crippen LogP contribution in [0.2, 0.25) is 0 Å². The van der Waals surface area contributed by atoms with Gasteiger partial charge >= 0.3 is 0 Å². The highest BCUT2D eigenvalue weighted by Gasteiger charge is 2.24. The van der Waals surface area contributed by atoms with Crippen LogP contribution in [0.3, 0.4) is 0 Å². The Morgan fingerprint density at radius 1 is 1.17 bits per heavy atom. The molecule has 1 aromatic heterocycles. The first-order valence-electron chi connectivity index (χ1n) is 12.3. The van der Waals surface area contributed by atoms with Crippen molar-refractivity contribution in [3.05, 3.63) is 48.0 Å². The van der Waals surface area contributed by atoms with E-state index in [1.54, 1.807) is 29.2 Å². The number of ether oxygens (including phenoxy) is 2. The van der Waals surface area contributed by atoms with Crippen LogP contribution < -0.4 is 9.64 Å². The lowest BCUT2D eigenvalue weighted by molar-refractivity contribution is -0.118. The highest BCUT2D eigenvalue weighted by Crippen LogP contribution is 2.32. The average Bonchev–Trinajstić information content (AvgIpc) is 3.29. The minimum Gasteiger partial charge on any atom is -0.494 e. The first-order valence-corrected chi connectivity index (χ1v) is 14.8. The van der Waals surface area contributed by atoms with Crippen LogP contribution in [-0.2, 0) is 19.4 Å². The lowest BCUT2D eigenvalue weighted by atomic mass is 10.2. The zero-order chi connectivity index (χ0) is 25.5. The van der Waals surface area contributed by atoms with Crippen LogP contribution in [0.4, 0.5) is 5.13 Å². The maximum Gasteiger partial charge on any atom is 0.229 e. The summed E-state index contributed by atoms with van der Waals surface area (Å²) in [5.41, 5.74) is 1.77. The molecule has 2 heterocycles. The van der Waals surface area contributed by atoms with Crippen LogP contribution in [0.15, 0.2) is 47.4 Å². The molecule has 3 aromatic rings. The molecule has 1 amide bonds. The van der Waals surface area contributed by atoms with Gasteiger partial charge in [0, 0.05) is 32.6 Å². The van der Waals surface area contributed by atoms with Gasteiger partial charge < -0.3 is 9.47 Å². The van der Waals surface area contributed by atoms with Crippen molar-refractivity contribution >= 4 is 42.4 Å². The Morgan fingerprint density at radius 3 is 2.64 bits per heavy atom. The maximum absolute atomic E-state index is 13.4. The second kappa shape index (κ2) is 12.1. The Morgan fingerprint density at radius 2 is 1.92 bits per heavy atom. The van der Waals surface area contributed by atoms with Gasteiger partial charge in [0.15, 0.2) is 15.0 Å². The minimum absolute atomic E-state index is 0.103. The summed E-state index contributed by atoms with van der Waals surface area (Å²) in [6.07, 6.45) is 0.657. The summed E-state index contributed by atoms with van der Waals surface area (Å²) in [6, 6.07) is 12.4. The van der Waals surface area contributed by atoms with E-state index in [0.29, 0.717) is 18.3 Å². The molecule has 1 aliphatic rings. The number of fused-ring (bicyclic) bond motifs is 1. The highest BCUT2D eigenvalue weighted by atomic mass is 32.2. The number of aryl methyl sites for hydroxylation is 1. The van der Waals surface area contributed by atoms with Crippen molar-refractivity contribution in [3.8, 4) is 5.75 Å². The molecular weight excluding hydrogens is 498 g/mol. The van der Waals surface area contributed by atoms with E-state index in [1.807, 2.05) is 32.0 Å². The van der Waals surface area contributed by atoms with Gasteiger partial charge in [-0.25, -0.2) is 13.4 Å². The smallest absolute Gasteiger partial charge is 0.229 e. The van der Waals surface area contributed by atoms with Crippen molar-refractivity contribution in [2.75, 3.05) is 56.7 Å². The first-order chi connectivity index (χ1) is 17.4. The van der Waals surface area contributed by atoms with Crippen molar-refractivity contribution in [2.24, 2.45) is 0 Å². The third-order valence-corrected chi connectivity index (χ3v) is 8.89. The molecule has 0 N–H and O–H groups in total. The van der Waals surface area contributed by atoms with Gasteiger partial charge in [-0.3, -0.25) is 14.6 Å². The molecule has 4 rings (SSSR count). The number of thiazole rings is 1. The summed E-state index contributed by atoms with van der Waals surface area (Å²) in [6.45, 7) is 8.92. The molecule has 1 saturated heterocycles. The molecule has 8 nitrogen and oxygen atoms in total. The van der Waals surface area contributed by atoms with E-state index in [-0.39, 0.29) is 23.0 Å². The van der Waals surface area contributed by atoms with Gasteiger partial charge in [-0.15, -0.1) is 0 Å². The molecule has 0 bridgehead atoms. The van der Waals surface area contributed by atoms with Gasteiger partial charge in [-0.05, 0) is 50.6 Å². The van der Waals surface area contributed by atoms with Crippen LogP contribution in [0.1, 0.15) is 25.3 Å². The predicted molar refractivity (Wildman–Crippen MR) is 143 cm³/mol. The van der Waals surface area contributed by atoms with E-state index in [2.05, 4.69) is 4.90 Å². The fourth-order valence-electron chi connectivity index (χ4n) is 4.09. The summed E-state index contributed by atoms with van der Waals surface area (Å²) in [5.74, 6) is 0.278. The first kappa shape index (κ1) is 26.5. The van der Waals surface area contributed by atoms with E-state index in [9.17, 15) is 13.2 Å². The molecular formula is C26H33N3O5S2. The zero-order valence-electron chi connectivity index (χ0n) is 20.8. The number of aromatic nitrogens is 1. The number of rotatable bonds is 11. The van der Waals surface area contributed by atoms with E-state index < -0.39 is 9.84 Å². The number of sulfone groups is 1. The molecule has 36 heavy (non-hydrogen) atoms. The van der Waals surface area contributed by atoms with Gasteiger partial charge in [-0.2, -0.15) is 0 Å². The van der Waals surface area contributed by atoms with E-state index in [4.69, 9.17) is 14.5 Å². The number of anilines is 1. The van der Waals surface area contributed by atoms with Crippen LogP contribution in [0, 0.1) is 6.92 Å². The van der Waals surface area contributed by atoms with E-state index in [1.165, 1.54) is 11.3 Å². The summed E-state index contributed by atoms with van der Waals surface area (Å²) < 4.78 is 37.7. The predicted octanol–water partition coefficient (Wildman–Crippen LogP) is 3.92. The van der Waals surface area contributed by atoms with Gasteiger partial charge in [0.05, 0.1) is 40.7 Å². The number of carbonyl (C=O) groups excluding carboxylic acids is 1. The molecule has 0 atom stereocenters. The Balaban J connectivity index is 1.50. The van der Waals surface area contributed by atoms with Crippen LogP contribution >= 0.6 is 11.3 Å². The SMILES string of the molecule is CCOc1ccc2nc(N(CCCN3CCOCC3)C(=O)CCS(=O)(=O)c3ccc(C)cc3)sc2c1. The lowest BCUT2D eigenvalue weighted by Crippen LogP contribution is -2.39. The van der Waals surface area contributed by atoms with E-state index in [0.717, 1.165) is 60.8 Å². The third kappa shape index (κ3) is 6.82. The molecule has 10 heteroatoms. The zero-order valence-corrected chi connectivity index (χ0v) is 22.4. The van der Waals surface area contributed by atoms with Crippen molar-refractivity contribution in [1.29, 1.82) is 0 Å². The Bertz CT molecular complexity index is 1270. The fraction of sp³-hybridized carbons (Fsp3) is 0.462.